The van der Waals surface area contributed by atoms with Crippen molar-refractivity contribution in [2.24, 2.45) is 0 Å². The highest BCUT2D eigenvalue weighted by Crippen LogP contribution is 2.27. The molecule has 1 aliphatic rings. The molecule has 1 aromatic carbocycles. The number of amidine groups is 1. The Kier molecular flexibility index (Phi) is 3.70. The number of hydroxylamine groups is 1. The first-order chi connectivity index (χ1) is 10.6. The maximum absolute atomic E-state index is 9.19. The van der Waals surface area contributed by atoms with Gasteiger partial charge in [-0.05, 0) is 36.8 Å². The first-order valence-corrected chi connectivity index (χ1v) is 6.99. The first-order valence-electron chi connectivity index (χ1n) is 6.99. The van der Waals surface area contributed by atoms with E-state index in [-0.39, 0.29) is 5.84 Å². The highest BCUT2D eigenvalue weighted by Gasteiger charge is 2.35. The van der Waals surface area contributed by atoms with E-state index in [1.807, 2.05) is 54.9 Å². The molecule has 0 aliphatic carbocycles. The zero-order valence-corrected chi connectivity index (χ0v) is 12.2. The normalized spacial score (nSPS) is 19.4. The standard InChI is InChI=1S/C16H18N4O2/c1-11-6-7-13(22-11)10-18-16(15(17)20-21)9-8-12-4-2-3-5-14(12)19-16/h2-9,18-19,21H,10H2,1H3,(H2,17,20). The van der Waals surface area contributed by atoms with Crippen LogP contribution in [0.1, 0.15) is 17.1 Å². The summed E-state index contributed by atoms with van der Waals surface area (Å²) in [4.78, 5) is 0. The van der Waals surface area contributed by atoms with Crippen molar-refractivity contribution in [2.45, 2.75) is 19.1 Å². The second kappa shape index (κ2) is 5.67. The van der Waals surface area contributed by atoms with Gasteiger partial charge in [-0.2, -0.15) is 0 Å². The van der Waals surface area contributed by atoms with Gasteiger partial charge in [-0.15, -0.1) is 0 Å². The van der Waals surface area contributed by atoms with E-state index in [2.05, 4.69) is 10.6 Å². The molecule has 0 bridgehead atoms. The van der Waals surface area contributed by atoms with E-state index in [0.29, 0.717) is 6.54 Å². The Bertz CT molecular complexity index is 722. The van der Waals surface area contributed by atoms with Gasteiger partial charge in [0, 0.05) is 5.69 Å². The number of anilines is 1. The van der Waals surface area contributed by atoms with Crippen molar-refractivity contribution >= 4 is 17.6 Å². The minimum Gasteiger partial charge on any atom is -0.465 e. The van der Waals surface area contributed by atoms with Gasteiger partial charge in [0.2, 0.25) is 0 Å². The van der Waals surface area contributed by atoms with Crippen LogP contribution in [-0.4, -0.2) is 16.7 Å². The summed E-state index contributed by atoms with van der Waals surface area (Å²) in [5.74, 6) is 1.50. The number of benzene rings is 1. The Morgan fingerprint density at radius 3 is 2.86 bits per heavy atom. The lowest BCUT2D eigenvalue weighted by molar-refractivity contribution is 0.224. The Morgan fingerprint density at radius 2 is 2.14 bits per heavy atom. The van der Waals surface area contributed by atoms with Crippen LogP contribution in [-0.2, 0) is 6.54 Å². The summed E-state index contributed by atoms with van der Waals surface area (Å²) < 4.78 is 5.53. The highest BCUT2D eigenvalue weighted by atomic mass is 16.5. The fourth-order valence-electron chi connectivity index (χ4n) is 2.46. The van der Waals surface area contributed by atoms with E-state index in [0.717, 1.165) is 22.8 Å². The summed E-state index contributed by atoms with van der Waals surface area (Å²) in [7, 11) is 0. The van der Waals surface area contributed by atoms with E-state index in [1.165, 1.54) is 0 Å². The van der Waals surface area contributed by atoms with Crippen LogP contribution in [0.2, 0.25) is 0 Å². The average molecular weight is 298 g/mol. The minimum atomic E-state index is -1.02. The molecule has 0 spiro atoms. The molecule has 0 saturated carbocycles. The molecule has 1 aromatic heterocycles. The molecule has 5 N–H and O–H groups in total. The molecule has 114 valence electrons. The van der Waals surface area contributed by atoms with Crippen molar-refractivity contribution in [1.29, 1.82) is 5.41 Å². The van der Waals surface area contributed by atoms with Gasteiger partial charge in [0.05, 0.1) is 6.54 Å². The molecule has 0 saturated heterocycles. The number of para-hydroxylation sites is 1. The minimum absolute atomic E-state index is 0.0958. The maximum atomic E-state index is 9.19. The van der Waals surface area contributed by atoms with Crippen molar-refractivity contribution in [3.63, 3.8) is 0 Å². The molecular formula is C16H18N4O2. The number of aryl methyl sites for hydroxylation is 1. The molecule has 2 heterocycles. The zero-order valence-electron chi connectivity index (χ0n) is 12.2. The number of nitrogens with one attached hydrogen (secondary N) is 4. The van der Waals surface area contributed by atoms with E-state index >= 15 is 0 Å². The van der Waals surface area contributed by atoms with E-state index in [9.17, 15) is 5.21 Å². The third-order valence-electron chi connectivity index (χ3n) is 3.65. The quantitative estimate of drug-likeness (QED) is 0.340. The topological polar surface area (TPSA) is 93.3 Å². The average Bonchev–Trinajstić information content (AvgIpc) is 2.97. The lowest BCUT2D eigenvalue weighted by Gasteiger charge is -2.36. The summed E-state index contributed by atoms with van der Waals surface area (Å²) in [6.45, 7) is 2.29. The van der Waals surface area contributed by atoms with Crippen LogP contribution >= 0.6 is 0 Å². The van der Waals surface area contributed by atoms with Crippen molar-refractivity contribution in [2.75, 3.05) is 5.32 Å². The van der Waals surface area contributed by atoms with Gasteiger partial charge in [-0.3, -0.25) is 21.4 Å². The number of rotatable bonds is 4. The van der Waals surface area contributed by atoms with E-state index in [4.69, 9.17) is 9.83 Å². The fraction of sp³-hybridized carbons (Fsp3) is 0.188. The zero-order chi connectivity index (χ0) is 15.6. The molecule has 6 heteroatoms. The van der Waals surface area contributed by atoms with E-state index < -0.39 is 5.66 Å². The molecule has 2 aromatic rings. The van der Waals surface area contributed by atoms with Crippen LogP contribution in [0.4, 0.5) is 5.69 Å². The molecule has 0 fully saturated rings. The number of hydrogen-bond acceptors (Lipinski definition) is 5. The van der Waals surface area contributed by atoms with Gasteiger partial charge in [0.25, 0.3) is 0 Å². The van der Waals surface area contributed by atoms with Crippen LogP contribution in [0.5, 0.6) is 0 Å². The lowest BCUT2D eigenvalue weighted by Crippen LogP contribution is -2.60. The maximum Gasteiger partial charge on any atom is 0.169 e. The number of furan rings is 1. The summed E-state index contributed by atoms with van der Waals surface area (Å²) in [5.41, 5.74) is 2.81. The van der Waals surface area contributed by atoms with Gasteiger partial charge in [-0.25, -0.2) is 0 Å². The smallest absolute Gasteiger partial charge is 0.169 e. The van der Waals surface area contributed by atoms with Gasteiger partial charge >= 0.3 is 0 Å². The van der Waals surface area contributed by atoms with Crippen LogP contribution in [0, 0.1) is 12.3 Å². The highest BCUT2D eigenvalue weighted by molar-refractivity contribution is 5.96. The Morgan fingerprint density at radius 1 is 1.32 bits per heavy atom. The SMILES string of the molecule is Cc1ccc(CNC2(C(=N)NO)C=Cc3ccccc3N2)o1. The summed E-state index contributed by atoms with van der Waals surface area (Å²) in [6.07, 6.45) is 3.72. The fourth-order valence-corrected chi connectivity index (χ4v) is 2.46. The molecule has 1 unspecified atom stereocenters. The largest absolute Gasteiger partial charge is 0.465 e. The Hall–Kier alpha value is -2.57. The van der Waals surface area contributed by atoms with Crippen molar-refractivity contribution in [1.82, 2.24) is 10.8 Å². The predicted molar refractivity (Wildman–Crippen MR) is 84.8 cm³/mol. The summed E-state index contributed by atoms with van der Waals surface area (Å²) in [5, 5.41) is 23.7. The van der Waals surface area contributed by atoms with Crippen LogP contribution in [0.15, 0.2) is 46.9 Å². The molecule has 6 nitrogen and oxygen atoms in total. The van der Waals surface area contributed by atoms with Crippen LogP contribution in [0.3, 0.4) is 0 Å². The molecule has 0 radical (unpaired) electrons. The molecule has 0 amide bonds. The summed E-state index contributed by atoms with van der Waals surface area (Å²) in [6, 6.07) is 11.5. The Balaban J connectivity index is 1.86. The number of fused-ring (bicyclic) bond motifs is 1. The van der Waals surface area contributed by atoms with Gasteiger partial charge < -0.3 is 9.73 Å². The monoisotopic (exact) mass is 298 g/mol. The van der Waals surface area contributed by atoms with Gasteiger partial charge in [-0.1, -0.05) is 24.3 Å². The van der Waals surface area contributed by atoms with Gasteiger partial charge in [0.15, 0.2) is 11.5 Å². The third-order valence-corrected chi connectivity index (χ3v) is 3.65. The van der Waals surface area contributed by atoms with Crippen molar-refractivity contribution in [3.8, 4) is 0 Å². The Labute approximate surface area is 128 Å². The van der Waals surface area contributed by atoms with Gasteiger partial charge in [0.1, 0.15) is 11.5 Å². The first kappa shape index (κ1) is 14.4. The molecule has 22 heavy (non-hydrogen) atoms. The second-order valence-corrected chi connectivity index (χ2v) is 5.21. The number of hydrogen-bond donors (Lipinski definition) is 5. The summed E-state index contributed by atoms with van der Waals surface area (Å²) >= 11 is 0. The molecule has 3 rings (SSSR count). The van der Waals surface area contributed by atoms with Crippen molar-refractivity contribution < 1.29 is 9.62 Å². The molecule has 1 aliphatic heterocycles. The molecule has 1 atom stereocenters. The van der Waals surface area contributed by atoms with Crippen molar-refractivity contribution in [3.05, 3.63) is 59.6 Å². The predicted octanol–water partition coefficient (Wildman–Crippen LogP) is 2.47. The molecular weight excluding hydrogens is 280 g/mol. The van der Waals surface area contributed by atoms with Crippen LogP contribution in [0.25, 0.3) is 6.08 Å². The van der Waals surface area contributed by atoms with Crippen LogP contribution < -0.4 is 16.1 Å². The lowest BCUT2D eigenvalue weighted by atomic mass is 9.99. The second-order valence-electron chi connectivity index (χ2n) is 5.21. The third kappa shape index (κ3) is 2.61. The van der Waals surface area contributed by atoms with E-state index in [1.54, 1.807) is 6.08 Å².